The third-order valence-corrected chi connectivity index (χ3v) is 1.66. The second kappa shape index (κ2) is 2.38. The van der Waals surface area contributed by atoms with Gasteiger partial charge in [-0.15, -0.1) is 0 Å². The topological polar surface area (TPSA) is 50.4 Å². The maximum absolute atomic E-state index is 10.2. The van der Waals surface area contributed by atoms with Crippen LogP contribution in [-0.2, 0) is 0 Å². The summed E-state index contributed by atoms with van der Waals surface area (Å²) in [7, 11) is 0. The van der Waals surface area contributed by atoms with Crippen LogP contribution in [0.2, 0.25) is 0 Å². The fourth-order valence-electron chi connectivity index (χ4n) is 0.446. The number of rotatable bonds is 1. The Hall–Kier alpha value is -0.520. The second-order valence-corrected chi connectivity index (χ2v) is 2.57. The lowest BCUT2D eigenvalue weighted by molar-refractivity contribution is 0.0661. The number of carbonyl (C=O) groups is 1. The van der Waals surface area contributed by atoms with Crippen molar-refractivity contribution in [3.63, 3.8) is 0 Å². The molecule has 1 rings (SSSR count). The number of hydrogen-bond donors (Lipinski definition) is 1. The Balaban J connectivity index is 3.08. The first-order valence-electron chi connectivity index (χ1n) is 2.18. The summed E-state index contributed by atoms with van der Waals surface area (Å²) in [5, 5.41) is 8.36. The molecule has 1 aromatic rings. The summed E-state index contributed by atoms with van der Waals surface area (Å²) in [5.41, 5.74) is 0. The van der Waals surface area contributed by atoms with Crippen LogP contribution in [0.3, 0.4) is 0 Å². The third-order valence-electron chi connectivity index (χ3n) is 0.811. The van der Waals surface area contributed by atoms with Crippen molar-refractivity contribution in [3.05, 3.63) is 21.7 Å². The highest BCUT2D eigenvalue weighted by atomic mass is 127. The van der Waals surface area contributed by atoms with Crippen molar-refractivity contribution in [2.45, 2.75) is 0 Å². The SMILES string of the molecule is O=C(O)c1occc1I. The molecule has 0 aliphatic heterocycles. The quantitative estimate of drug-likeness (QED) is 0.755. The molecular weight excluding hydrogens is 235 g/mol. The lowest BCUT2D eigenvalue weighted by Gasteiger charge is -1.83. The number of carboxylic acid groups (broad SMARTS) is 1. The minimum Gasteiger partial charge on any atom is -0.475 e. The highest BCUT2D eigenvalue weighted by Gasteiger charge is 2.09. The van der Waals surface area contributed by atoms with Gasteiger partial charge in [-0.2, -0.15) is 0 Å². The maximum atomic E-state index is 10.2. The molecule has 1 aromatic heterocycles. The van der Waals surface area contributed by atoms with E-state index in [1.54, 1.807) is 6.07 Å². The van der Waals surface area contributed by atoms with Gasteiger partial charge in [0.15, 0.2) is 0 Å². The van der Waals surface area contributed by atoms with E-state index in [1.807, 2.05) is 22.6 Å². The molecule has 0 amide bonds. The molecule has 0 saturated carbocycles. The van der Waals surface area contributed by atoms with E-state index in [2.05, 4.69) is 4.42 Å². The minimum atomic E-state index is -1.02. The number of furan rings is 1. The average molecular weight is 238 g/mol. The smallest absolute Gasteiger partial charge is 0.372 e. The van der Waals surface area contributed by atoms with Gasteiger partial charge in [-0.25, -0.2) is 4.79 Å². The average Bonchev–Trinajstić information content (AvgIpc) is 2.13. The Bertz CT molecular complexity index is 228. The molecule has 1 N–H and O–H groups in total. The highest BCUT2D eigenvalue weighted by Crippen LogP contribution is 2.11. The molecule has 48 valence electrons. The Labute approximate surface area is 64.8 Å². The third kappa shape index (κ3) is 1.24. The standard InChI is InChI=1S/C5H3IO3/c6-3-1-2-9-4(3)5(7)8/h1-2H,(H,7,8). The predicted octanol–water partition coefficient (Wildman–Crippen LogP) is 1.58. The summed E-state index contributed by atoms with van der Waals surface area (Å²) in [6, 6.07) is 1.60. The first-order chi connectivity index (χ1) is 4.22. The summed E-state index contributed by atoms with van der Waals surface area (Å²) in [6.45, 7) is 0. The largest absolute Gasteiger partial charge is 0.475 e. The molecule has 0 aliphatic rings. The Kier molecular flexibility index (Phi) is 1.75. The molecule has 0 aromatic carbocycles. The van der Waals surface area contributed by atoms with Gasteiger partial charge in [0.25, 0.3) is 0 Å². The van der Waals surface area contributed by atoms with Crippen LogP contribution in [0.1, 0.15) is 10.6 Å². The van der Waals surface area contributed by atoms with Gasteiger partial charge in [-0.05, 0) is 28.7 Å². The number of aromatic carboxylic acids is 1. The normalized spacial score (nSPS) is 9.44. The van der Waals surface area contributed by atoms with E-state index in [0.29, 0.717) is 3.57 Å². The van der Waals surface area contributed by atoms with Gasteiger partial charge in [0.2, 0.25) is 5.76 Å². The van der Waals surface area contributed by atoms with E-state index in [0.717, 1.165) is 0 Å². The van der Waals surface area contributed by atoms with Gasteiger partial charge in [-0.1, -0.05) is 0 Å². The summed E-state index contributed by atoms with van der Waals surface area (Å²) in [6.07, 6.45) is 1.35. The van der Waals surface area contributed by atoms with Crippen LogP contribution in [0, 0.1) is 3.57 Å². The first kappa shape index (κ1) is 6.60. The zero-order chi connectivity index (χ0) is 6.85. The van der Waals surface area contributed by atoms with Crippen LogP contribution in [0.5, 0.6) is 0 Å². The molecule has 0 bridgehead atoms. The molecule has 1 heterocycles. The first-order valence-corrected chi connectivity index (χ1v) is 3.26. The van der Waals surface area contributed by atoms with E-state index < -0.39 is 5.97 Å². The van der Waals surface area contributed by atoms with Crippen molar-refractivity contribution in [1.82, 2.24) is 0 Å². The summed E-state index contributed by atoms with van der Waals surface area (Å²) in [4.78, 5) is 10.2. The van der Waals surface area contributed by atoms with E-state index in [1.165, 1.54) is 6.26 Å². The minimum absolute atomic E-state index is 0.00981. The number of hydrogen-bond acceptors (Lipinski definition) is 2. The van der Waals surface area contributed by atoms with Crippen LogP contribution in [0.25, 0.3) is 0 Å². The summed E-state index contributed by atoms with van der Waals surface area (Å²) < 4.78 is 5.24. The van der Waals surface area contributed by atoms with Crippen LogP contribution < -0.4 is 0 Å². The Morgan fingerprint density at radius 1 is 1.78 bits per heavy atom. The van der Waals surface area contributed by atoms with Gasteiger partial charge < -0.3 is 9.52 Å². The van der Waals surface area contributed by atoms with Crippen molar-refractivity contribution < 1.29 is 14.3 Å². The van der Waals surface area contributed by atoms with Gasteiger partial charge in [0, 0.05) is 0 Å². The fourth-order valence-corrected chi connectivity index (χ4v) is 0.951. The number of carboxylic acids is 1. The van der Waals surface area contributed by atoms with Crippen molar-refractivity contribution in [1.29, 1.82) is 0 Å². The van der Waals surface area contributed by atoms with Crippen LogP contribution >= 0.6 is 22.6 Å². The van der Waals surface area contributed by atoms with Gasteiger partial charge in [0.1, 0.15) is 0 Å². The van der Waals surface area contributed by atoms with E-state index in [9.17, 15) is 4.79 Å². The summed E-state index contributed by atoms with van der Waals surface area (Å²) in [5.74, 6) is -1.01. The fraction of sp³-hybridized carbons (Fsp3) is 0. The van der Waals surface area contributed by atoms with E-state index in [4.69, 9.17) is 5.11 Å². The molecule has 0 saturated heterocycles. The van der Waals surface area contributed by atoms with Gasteiger partial charge in [0.05, 0.1) is 9.83 Å². The zero-order valence-corrected chi connectivity index (χ0v) is 6.45. The van der Waals surface area contributed by atoms with Crippen LogP contribution in [-0.4, -0.2) is 11.1 Å². The van der Waals surface area contributed by atoms with Crippen molar-refractivity contribution in [2.24, 2.45) is 0 Å². The van der Waals surface area contributed by atoms with Crippen molar-refractivity contribution >= 4 is 28.6 Å². The highest BCUT2D eigenvalue weighted by molar-refractivity contribution is 14.1. The molecule has 0 unspecified atom stereocenters. The molecule has 0 fully saturated rings. The monoisotopic (exact) mass is 238 g/mol. The van der Waals surface area contributed by atoms with Crippen LogP contribution in [0.4, 0.5) is 0 Å². The molecule has 9 heavy (non-hydrogen) atoms. The maximum Gasteiger partial charge on any atom is 0.372 e. The van der Waals surface area contributed by atoms with E-state index >= 15 is 0 Å². The molecular formula is C5H3IO3. The molecule has 0 spiro atoms. The Morgan fingerprint density at radius 2 is 2.44 bits per heavy atom. The molecule has 0 atom stereocenters. The van der Waals surface area contributed by atoms with Crippen LogP contribution in [0.15, 0.2) is 16.7 Å². The molecule has 3 nitrogen and oxygen atoms in total. The van der Waals surface area contributed by atoms with Crippen molar-refractivity contribution in [3.8, 4) is 0 Å². The Morgan fingerprint density at radius 3 is 2.67 bits per heavy atom. The van der Waals surface area contributed by atoms with Gasteiger partial charge >= 0.3 is 5.97 Å². The summed E-state index contributed by atoms with van der Waals surface area (Å²) >= 11 is 1.90. The molecule has 0 radical (unpaired) electrons. The molecule has 4 heteroatoms. The molecule has 0 aliphatic carbocycles. The number of halogens is 1. The van der Waals surface area contributed by atoms with Crippen molar-refractivity contribution in [2.75, 3.05) is 0 Å². The lowest BCUT2D eigenvalue weighted by Crippen LogP contribution is -1.94. The second-order valence-electron chi connectivity index (χ2n) is 1.40. The zero-order valence-electron chi connectivity index (χ0n) is 4.30. The van der Waals surface area contributed by atoms with Gasteiger partial charge in [-0.3, -0.25) is 0 Å². The predicted molar refractivity (Wildman–Crippen MR) is 38.4 cm³/mol. The lowest BCUT2D eigenvalue weighted by atomic mass is 10.5. The van der Waals surface area contributed by atoms with E-state index in [-0.39, 0.29) is 5.76 Å².